The van der Waals surface area contributed by atoms with E-state index >= 15 is 0 Å². The van der Waals surface area contributed by atoms with Gasteiger partial charge in [-0.05, 0) is 98.9 Å². The zero-order chi connectivity index (χ0) is 16.7. The highest BCUT2D eigenvalue weighted by Crippen LogP contribution is 2.67. The summed E-state index contributed by atoms with van der Waals surface area (Å²) >= 11 is 0. The predicted octanol–water partition coefficient (Wildman–Crippen LogP) is 4.52. The molecule has 0 aromatic carbocycles. The summed E-state index contributed by atoms with van der Waals surface area (Å²) in [5, 5.41) is 10.2. The third-order valence-electron chi connectivity index (χ3n) is 9.08. The molecular formula is C22H32O2. The number of hydrogen-bond donors (Lipinski definition) is 1. The van der Waals surface area contributed by atoms with Crippen molar-refractivity contribution in [1.82, 2.24) is 0 Å². The van der Waals surface area contributed by atoms with Crippen LogP contribution in [0, 0.1) is 40.4 Å². The summed E-state index contributed by atoms with van der Waals surface area (Å²) in [6.45, 7) is 4.81. The zero-order valence-electron chi connectivity index (χ0n) is 15.3. The van der Waals surface area contributed by atoms with E-state index < -0.39 is 0 Å². The monoisotopic (exact) mass is 328 g/mol. The van der Waals surface area contributed by atoms with E-state index in [1.807, 2.05) is 0 Å². The normalized spacial score (nSPS) is 53.9. The molecule has 0 bridgehead atoms. The van der Waals surface area contributed by atoms with Gasteiger partial charge in [0.15, 0.2) is 5.78 Å². The fourth-order valence-electron chi connectivity index (χ4n) is 7.53. The molecule has 0 aromatic heterocycles. The Hall–Kier alpha value is -0.630. The Morgan fingerprint density at radius 3 is 2.58 bits per heavy atom. The quantitative estimate of drug-likeness (QED) is 0.768. The maximum absolute atomic E-state index is 12.8. The summed E-state index contributed by atoms with van der Waals surface area (Å²) in [6, 6.07) is 0. The first-order chi connectivity index (χ1) is 11.4. The van der Waals surface area contributed by atoms with Crippen LogP contribution in [-0.2, 0) is 4.79 Å². The van der Waals surface area contributed by atoms with Crippen LogP contribution in [0.2, 0.25) is 0 Å². The van der Waals surface area contributed by atoms with Crippen molar-refractivity contribution in [2.24, 2.45) is 40.4 Å². The number of ketones is 1. The molecule has 4 fully saturated rings. The highest BCUT2D eigenvalue weighted by Gasteiger charge is 2.61. The molecule has 5 rings (SSSR count). The van der Waals surface area contributed by atoms with E-state index in [0.717, 1.165) is 37.0 Å². The number of aliphatic hydroxyl groups excluding tert-OH is 1. The Balaban J connectivity index is 1.50. The number of carbonyl (C=O) groups is 1. The van der Waals surface area contributed by atoms with Gasteiger partial charge >= 0.3 is 0 Å². The van der Waals surface area contributed by atoms with Gasteiger partial charge in [0.1, 0.15) is 0 Å². The number of fused-ring (bicyclic) bond motifs is 5. The van der Waals surface area contributed by atoms with E-state index in [4.69, 9.17) is 0 Å². The van der Waals surface area contributed by atoms with E-state index in [9.17, 15) is 9.90 Å². The lowest BCUT2D eigenvalue weighted by atomic mass is 9.44. The molecule has 132 valence electrons. The minimum atomic E-state index is -0.0868. The average molecular weight is 328 g/mol. The van der Waals surface area contributed by atoms with Crippen molar-refractivity contribution in [3.05, 3.63) is 11.6 Å². The van der Waals surface area contributed by atoms with Crippen molar-refractivity contribution in [3.8, 4) is 0 Å². The van der Waals surface area contributed by atoms with E-state index in [0.29, 0.717) is 23.0 Å². The largest absolute Gasteiger partial charge is 0.393 e. The summed E-state index contributed by atoms with van der Waals surface area (Å²) < 4.78 is 0. The standard InChI is InChI=1S/C22H32O2/c1-21-9-7-15(23)11-14(21)5-6-16-18(21)8-10-22(2)19(24)12-17(20(16)22)13-3-4-13/h12-16,18,20,23H,3-11H2,1-2H3. The molecular weight excluding hydrogens is 296 g/mol. The van der Waals surface area contributed by atoms with Crippen molar-refractivity contribution >= 4 is 5.78 Å². The van der Waals surface area contributed by atoms with Crippen LogP contribution in [0.15, 0.2) is 11.6 Å². The number of rotatable bonds is 1. The Kier molecular flexibility index (Phi) is 3.23. The van der Waals surface area contributed by atoms with Gasteiger partial charge in [0.25, 0.3) is 0 Å². The fourth-order valence-corrected chi connectivity index (χ4v) is 7.53. The van der Waals surface area contributed by atoms with Gasteiger partial charge in [0.2, 0.25) is 0 Å². The molecule has 2 nitrogen and oxygen atoms in total. The molecule has 2 heteroatoms. The van der Waals surface area contributed by atoms with Crippen LogP contribution in [0.1, 0.15) is 71.6 Å². The molecule has 24 heavy (non-hydrogen) atoms. The van der Waals surface area contributed by atoms with Crippen LogP contribution in [0.3, 0.4) is 0 Å². The second-order valence-corrected chi connectivity index (χ2v) is 10.2. The third kappa shape index (κ3) is 1.95. The lowest BCUT2D eigenvalue weighted by molar-refractivity contribution is -0.140. The van der Waals surface area contributed by atoms with Crippen LogP contribution in [-0.4, -0.2) is 17.0 Å². The molecule has 7 atom stereocenters. The van der Waals surface area contributed by atoms with Gasteiger partial charge in [-0.15, -0.1) is 0 Å². The fraction of sp³-hybridized carbons (Fsp3) is 0.864. The molecule has 4 saturated carbocycles. The van der Waals surface area contributed by atoms with Gasteiger partial charge in [-0.1, -0.05) is 19.4 Å². The maximum Gasteiger partial charge on any atom is 0.162 e. The maximum atomic E-state index is 12.8. The number of aliphatic hydroxyl groups is 1. The van der Waals surface area contributed by atoms with Crippen molar-refractivity contribution in [2.75, 3.05) is 0 Å². The first-order valence-electron chi connectivity index (χ1n) is 10.4. The summed E-state index contributed by atoms with van der Waals surface area (Å²) in [5.74, 6) is 3.92. The number of allylic oxidation sites excluding steroid dienone is 2. The van der Waals surface area contributed by atoms with Gasteiger partial charge in [0, 0.05) is 5.41 Å². The summed E-state index contributed by atoms with van der Waals surface area (Å²) in [4.78, 5) is 12.8. The number of carbonyl (C=O) groups excluding carboxylic acids is 1. The molecule has 0 amide bonds. The van der Waals surface area contributed by atoms with Crippen LogP contribution < -0.4 is 0 Å². The van der Waals surface area contributed by atoms with Crippen molar-refractivity contribution < 1.29 is 9.90 Å². The van der Waals surface area contributed by atoms with Gasteiger partial charge in [-0.2, -0.15) is 0 Å². The molecule has 1 N–H and O–H groups in total. The van der Waals surface area contributed by atoms with E-state index in [2.05, 4.69) is 19.9 Å². The molecule has 0 spiro atoms. The highest BCUT2D eigenvalue weighted by atomic mass is 16.3. The Bertz CT molecular complexity index is 603. The third-order valence-corrected chi connectivity index (χ3v) is 9.08. The van der Waals surface area contributed by atoms with Gasteiger partial charge in [0.05, 0.1) is 6.10 Å². The van der Waals surface area contributed by atoms with Crippen LogP contribution in [0.5, 0.6) is 0 Å². The molecule has 5 aliphatic carbocycles. The van der Waals surface area contributed by atoms with Gasteiger partial charge < -0.3 is 5.11 Å². The molecule has 0 heterocycles. The Morgan fingerprint density at radius 2 is 1.83 bits per heavy atom. The SMILES string of the molecule is CC12CCC3C(CCC4CC(O)CCC43C)C1C(C1CC1)=CC2=O. The van der Waals surface area contributed by atoms with Crippen LogP contribution in [0.25, 0.3) is 0 Å². The molecule has 7 unspecified atom stereocenters. The van der Waals surface area contributed by atoms with Crippen LogP contribution >= 0.6 is 0 Å². The van der Waals surface area contributed by atoms with E-state index in [-0.39, 0.29) is 11.5 Å². The smallest absolute Gasteiger partial charge is 0.162 e. The first-order valence-corrected chi connectivity index (χ1v) is 10.4. The predicted molar refractivity (Wildman–Crippen MR) is 94.3 cm³/mol. The summed E-state index contributed by atoms with van der Waals surface area (Å²) in [6.07, 6.45) is 12.7. The lowest BCUT2D eigenvalue weighted by Gasteiger charge is -2.60. The van der Waals surface area contributed by atoms with Crippen molar-refractivity contribution in [3.63, 3.8) is 0 Å². The zero-order valence-corrected chi connectivity index (χ0v) is 15.3. The topological polar surface area (TPSA) is 37.3 Å². The minimum Gasteiger partial charge on any atom is -0.393 e. The molecule has 0 aliphatic heterocycles. The molecule has 0 saturated heterocycles. The van der Waals surface area contributed by atoms with Crippen molar-refractivity contribution in [1.29, 1.82) is 0 Å². The van der Waals surface area contributed by atoms with E-state index in [1.165, 1.54) is 38.5 Å². The molecule has 0 aromatic rings. The second kappa shape index (κ2) is 4.96. The second-order valence-electron chi connectivity index (χ2n) is 10.2. The summed E-state index contributed by atoms with van der Waals surface area (Å²) in [7, 11) is 0. The minimum absolute atomic E-state index is 0.0662. The summed E-state index contributed by atoms with van der Waals surface area (Å²) in [5.41, 5.74) is 1.87. The molecule has 0 radical (unpaired) electrons. The van der Waals surface area contributed by atoms with Gasteiger partial charge in [-0.25, -0.2) is 0 Å². The lowest BCUT2D eigenvalue weighted by Crippen LogP contribution is -2.54. The Morgan fingerprint density at radius 1 is 1.04 bits per heavy atom. The first kappa shape index (κ1) is 15.6. The van der Waals surface area contributed by atoms with Crippen molar-refractivity contribution in [2.45, 2.75) is 77.7 Å². The van der Waals surface area contributed by atoms with Crippen LogP contribution in [0.4, 0.5) is 0 Å². The van der Waals surface area contributed by atoms with Gasteiger partial charge in [-0.3, -0.25) is 4.79 Å². The Labute approximate surface area is 146 Å². The molecule has 5 aliphatic rings. The highest BCUT2D eigenvalue weighted by molar-refractivity contribution is 5.99. The van der Waals surface area contributed by atoms with E-state index in [1.54, 1.807) is 5.57 Å². The average Bonchev–Trinajstić information content (AvgIpc) is 3.34. The number of hydrogen-bond acceptors (Lipinski definition) is 2.